The minimum Gasteiger partial charge on any atom is -0.491 e. The highest BCUT2D eigenvalue weighted by molar-refractivity contribution is 5.81. The maximum atomic E-state index is 13.7. The Hall–Kier alpha value is -1.66. The molecule has 1 amide bonds. The minimum atomic E-state index is -0.545. The zero-order valence-electron chi connectivity index (χ0n) is 12.8. The van der Waals surface area contributed by atoms with Gasteiger partial charge in [0.15, 0.2) is 11.6 Å². The molecule has 3 N–H and O–H groups in total. The number of nitrogens with two attached hydrogens (primary N) is 1. The number of nitrogens with one attached hydrogen (secondary N) is 1. The van der Waals surface area contributed by atoms with Gasteiger partial charge in [-0.2, -0.15) is 0 Å². The van der Waals surface area contributed by atoms with E-state index in [1.54, 1.807) is 19.1 Å². The molecule has 2 rings (SSSR count). The van der Waals surface area contributed by atoms with Crippen LogP contribution in [0.25, 0.3) is 0 Å². The molecule has 0 aromatic heterocycles. The van der Waals surface area contributed by atoms with Crippen LogP contribution < -0.4 is 15.8 Å². The van der Waals surface area contributed by atoms with Crippen molar-refractivity contribution in [3.05, 3.63) is 29.6 Å². The number of halogens is 1. The molecule has 0 aliphatic carbocycles. The van der Waals surface area contributed by atoms with E-state index in [1.165, 1.54) is 6.07 Å². The SMILES string of the molecule is CCOc1ccc(CNC(=O)C(N)C2CCOCC2)cc1F. The maximum absolute atomic E-state index is 13.7. The topological polar surface area (TPSA) is 73.6 Å². The van der Waals surface area contributed by atoms with Crippen LogP contribution in [0.2, 0.25) is 0 Å². The first kappa shape index (κ1) is 16.7. The first-order valence-corrected chi connectivity index (χ1v) is 7.64. The Kier molecular flexibility index (Phi) is 6.15. The molecule has 0 spiro atoms. The highest BCUT2D eigenvalue weighted by atomic mass is 19.1. The van der Waals surface area contributed by atoms with Crippen molar-refractivity contribution in [1.29, 1.82) is 0 Å². The summed E-state index contributed by atoms with van der Waals surface area (Å²) in [5, 5.41) is 2.76. The Morgan fingerprint density at radius 3 is 2.86 bits per heavy atom. The van der Waals surface area contributed by atoms with Crippen molar-refractivity contribution in [1.82, 2.24) is 5.32 Å². The summed E-state index contributed by atoms with van der Waals surface area (Å²) < 4.78 is 24.1. The van der Waals surface area contributed by atoms with E-state index in [0.717, 1.165) is 12.8 Å². The Labute approximate surface area is 130 Å². The third kappa shape index (κ3) is 4.42. The minimum absolute atomic E-state index is 0.144. The van der Waals surface area contributed by atoms with E-state index in [4.69, 9.17) is 15.2 Å². The van der Waals surface area contributed by atoms with Crippen LogP contribution in [0, 0.1) is 11.7 Å². The van der Waals surface area contributed by atoms with Gasteiger partial charge in [0.2, 0.25) is 5.91 Å². The Morgan fingerprint density at radius 1 is 1.50 bits per heavy atom. The van der Waals surface area contributed by atoms with E-state index in [2.05, 4.69) is 5.32 Å². The highest BCUT2D eigenvalue weighted by Crippen LogP contribution is 2.19. The van der Waals surface area contributed by atoms with Crippen LogP contribution in [-0.2, 0) is 16.1 Å². The van der Waals surface area contributed by atoms with Crippen molar-refractivity contribution in [2.75, 3.05) is 19.8 Å². The number of benzene rings is 1. The quantitative estimate of drug-likeness (QED) is 0.837. The number of carbonyl (C=O) groups is 1. The average Bonchev–Trinajstić information content (AvgIpc) is 2.55. The van der Waals surface area contributed by atoms with Gasteiger partial charge in [-0.3, -0.25) is 4.79 Å². The number of carbonyl (C=O) groups excluding carboxylic acids is 1. The molecule has 1 atom stereocenters. The third-order valence-corrected chi connectivity index (χ3v) is 3.84. The van der Waals surface area contributed by atoms with Gasteiger partial charge in [0.05, 0.1) is 12.6 Å². The second-order valence-electron chi connectivity index (χ2n) is 5.39. The first-order valence-electron chi connectivity index (χ1n) is 7.64. The number of ether oxygens (including phenoxy) is 2. The second-order valence-corrected chi connectivity index (χ2v) is 5.39. The lowest BCUT2D eigenvalue weighted by atomic mass is 9.92. The lowest BCUT2D eigenvalue weighted by Gasteiger charge is -2.26. The van der Waals surface area contributed by atoms with Crippen molar-refractivity contribution in [3.63, 3.8) is 0 Å². The lowest BCUT2D eigenvalue weighted by molar-refractivity contribution is -0.124. The number of amides is 1. The fourth-order valence-corrected chi connectivity index (χ4v) is 2.52. The fraction of sp³-hybridized carbons (Fsp3) is 0.562. The molecule has 1 aromatic carbocycles. The van der Waals surface area contributed by atoms with Crippen molar-refractivity contribution in [2.45, 2.75) is 32.4 Å². The van der Waals surface area contributed by atoms with E-state index >= 15 is 0 Å². The summed E-state index contributed by atoms with van der Waals surface area (Å²) in [6, 6.07) is 4.12. The normalized spacial score (nSPS) is 17.0. The molecule has 6 heteroatoms. The van der Waals surface area contributed by atoms with Gasteiger partial charge in [0.25, 0.3) is 0 Å². The van der Waals surface area contributed by atoms with Gasteiger partial charge in [-0.25, -0.2) is 4.39 Å². The lowest BCUT2D eigenvalue weighted by Crippen LogP contribution is -2.46. The molecule has 0 radical (unpaired) electrons. The van der Waals surface area contributed by atoms with Gasteiger partial charge in [-0.1, -0.05) is 6.07 Å². The van der Waals surface area contributed by atoms with Gasteiger partial charge in [-0.05, 0) is 43.4 Å². The van der Waals surface area contributed by atoms with Crippen molar-refractivity contribution >= 4 is 5.91 Å². The molecule has 5 nitrogen and oxygen atoms in total. The van der Waals surface area contributed by atoms with Crippen LogP contribution in [-0.4, -0.2) is 31.8 Å². The highest BCUT2D eigenvalue weighted by Gasteiger charge is 2.26. The van der Waals surface area contributed by atoms with E-state index in [1.807, 2.05) is 0 Å². The van der Waals surface area contributed by atoms with E-state index in [-0.39, 0.29) is 24.1 Å². The summed E-state index contributed by atoms with van der Waals surface area (Å²) in [4.78, 5) is 12.1. The Morgan fingerprint density at radius 2 is 2.23 bits per heavy atom. The molecule has 1 saturated heterocycles. The van der Waals surface area contributed by atoms with Gasteiger partial charge in [0, 0.05) is 19.8 Å². The molecule has 122 valence electrons. The smallest absolute Gasteiger partial charge is 0.237 e. The van der Waals surface area contributed by atoms with Crippen LogP contribution in [0.5, 0.6) is 5.75 Å². The maximum Gasteiger partial charge on any atom is 0.237 e. The molecule has 1 heterocycles. The molecule has 0 bridgehead atoms. The first-order chi connectivity index (χ1) is 10.6. The largest absolute Gasteiger partial charge is 0.491 e. The van der Waals surface area contributed by atoms with Crippen LogP contribution in [0.15, 0.2) is 18.2 Å². The summed E-state index contributed by atoms with van der Waals surface area (Å²) in [7, 11) is 0. The predicted octanol–water partition coefficient (Wildman–Crippen LogP) is 1.59. The fourth-order valence-electron chi connectivity index (χ4n) is 2.52. The standard InChI is InChI=1S/C16H23FN2O3/c1-2-22-14-4-3-11(9-13(14)17)10-19-16(20)15(18)12-5-7-21-8-6-12/h3-4,9,12,15H,2,5-8,10,18H2,1H3,(H,19,20). The molecule has 1 aliphatic rings. The molecular weight excluding hydrogens is 287 g/mol. The van der Waals surface area contributed by atoms with Gasteiger partial charge >= 0.3 is 0 Å². The molecule has 22 heavy (non-hydrogen) atoms. The number of rotatable bonds is 6. The monoisotopic (exact) mass is 310 g/mol. The van der Waals surface area contributed by atoms with Gasteiger partial charge in [-0.15, -0.1) is 0 Å². The van der Waals surface area contributed by atoms with E-state index in [0.29, 0.717) is 25.4 Å². The van der Waals surface area contributed by atoms with Crippen LogP contribution in [0.4, 0.5) is 4.39 Å². The zero-order chi connectivity index (χ0) is 15.9. The predicted molar refractivity (Wildman–Crippen MR) is 80.9 cm³/mol. The number of hydrogen-bond donors (Lipinski definition) is 2. The summed E-state index contributed by atoms with van der Waals surface area (Å²) in [6.45, 7) is 3.75. The molecular formula is C16H23FN2O3. The average molecular weight is 310 g/mol. The van der Waals surface area contributed by atoms with Crippen LogP contribution in [0.1, 0.15) is 25.3 Å². The molecule has 0 saturated carbocycles. The second kappa shape index (κ2) is 8.10. The van der Waals surface area contributed by atoms with Crippen LogP contribution in [0.3, 0.4) is 0 Å². The van der Waals surface area contributed by atoms with Crippen molar-refractivity contribution < 1.29 is 18.7 Å². The summed E-state index contributed by atoms with van der Waals surface area (Å²) >= 11 is 0. The zero-order valence-corrected chi connectivity index (χ0v) is 12.8. The molecule has 1 unspecified atom stereocenters. The number of hydrogen-bond acceptors (Lipinski definition) is 4. The third-order valence-electron chi connectivity index (χ3n) is 3.84. The van der Waals surface area contributed by atoms with Gasteiger partial charge in [0.1, 0.15) is 0 Å². The van der Waals surface area contributed by atoms with E-state index < -0.39 is 11.9 Å². The Balaban J connectivity index is 1.86. The van der Waals surface area contributed by atoms with Crippen molar-refractivity contribution in [2.24, 2.45) is 11.7 Å². The van der Waals surface area contributed by atoms with Gasteiger partial charge < -0.3 is 20.5 Å². The summed E-state index contributed by atoms with van der Waals surface area (Å²) in [5.41, 5.74) is 6.66. The summed E-state index contributed by atoms with van der Waals surface area (Å²) in [5.74, 6) is -0.272. The Bertz CT molecular complexity index is 504. The molecule has 1 aromatic rings. The molecule has 1 fully saturated rings. The summed E-state index contributed by atoms with van der Waals surface area (Å²) in [6.07, 6.45) is 1.60. The van der Waals surface area contributed by atoms with Crippen molar-refractivity contribution in [3.8, 4) is 5.75 Å². The van der Waals surface area contributed by atoms with E-state index in [9.17, 15) is 9.18 Å². The molecule has 1 aliphatic heterocycles. The van der Waals surface area contributed by atoms with Crippen LogP contribution >= 0.6 is 0 Å².